The van der Waals surface area contributed by atoms with E-state index in [1.807, 2.05) is 68.4 Å². The number of nitrogens with one attached hydrogen (secondary N) is 1. The van der Waals surface area contributed by atoms with Crippen molar-refractivity contribution in [3.63, 3.8) is 0 Å². The number of para-hydroxylation sites is 1. The number of aryl methyl sites for hydroxylation is 1. The van der Waals surface area contributed by atoms with E-state index < -0.39 is 5.63 Å². The van der Waals surface area contributed by atoms with Gasteiger partial charge in [0.2, 0.25) is 11.8 Å². The molecule has 7 nitrogen and oxygen atoms in total. The number of methoxy groups -OCH3 is 1. The predicted octanol–water partition coefficient (Wildman–Crippen LogP) is 5.28. The Kier molecular flexibility index (Phi) is 8.03. The summed E-state index contributed by atoms with van der Waals surface area (Å²) in [6.07, 6.45) is 0.663. The zero-order valence-corrected chi connectivity index (χ0v) is 21.2. The molecule has 0 unspecified atom stereocenters. The lowest BCUT2D eigenvalue weighted by molar-refractivity contribution is -0.118. The average Bonchev–Trinajstić information content (AvgIpc) is 2.90. The molecule has 3 aromatic carbocycles. The molecular weight excluding hydrogens is 468 g/mol. The molecular formula is C30H30N2O5. The Morgan fingerprint density at radius 2 is 1.73 bits per heavy atom. The molecule has 0 saturated carbocycles. The zero-order chi connectivity index (χ0) is 26.4. The largest absolute Gasteiger partial charge is 0.497 e. The van der Waals surface area contributed by atoms with Crippen molar-refractivity contribution in [2.75, 3.05) is 23.9 Å². The fourth-order valence-electron chi connectivity index (χ4n) is 4.34. The van der Waals surface area contributed by atoms with Crippen LogP contribution in [0.15, 0.2) is 82.0 Å². The summed E-state index contributed by atoms with van der Waals surface area (Å²) in [5, 5.41) is 3.67. The van der Waals surface area contributed by atoms with Crippen LogP contribution < -0.4 is 20.6 Å². The number of hydrogen-bond donors (Lipinski definition) is 1. The minimum absolute atomic E-state index is 0.00788. The van der Waals surface area contributed by atoms with E-state index >= 15 is 0 Å². The Labute approximate surface area is 215 Å². The van der Waals surface area contributed by atoms with Crippen molar-refractivity contribution in [3.05, 3.63) is 99.9 Å². The second-order valence-corrected chi connectivity index (χ2v) is 8.75. The molecule has 7 heteroatoms. The summed E-state index contributed by atoms with van der Waals surface area (Å²) in [6.45, 7) is 4.39. The SMILES string of the molecule is CCN(C(=O)Cc1ccc(NC(=O)CCc2c(C)c3ccc(OC)cc3oc2=O)cc1)c1ccccc1. The highest BCUT2D eigenvalue weighted by Crippen LogP contribution is 2.24. The Bertz CT molecular complexity index is 1460. The molecule has 0 aliphatic heterocycles. The predicted molar refractivity (Wildman–Crippen MR) is 145 cm³/mol. The van der Waals surface area contributed by atoms with Crippen LogP contribution in [0.3, 0.4) is 0 Å². The molecule has 0 radical (unpaired) electrons. The number of carbonyl (C=O) groups excluding carboxylic acids is 2. The van der Waals surface area contributed by atoms with E-state index in [9.17, 15) is 14.4 Å². The van der Waals surface area contributed by atoms with E-state index in [-0.39, 0.29) is 31.1 Å². The monoisotopic (exact) mass is 498 g/mol. The van der Waals surface area contributed by atoms with Gasteiger partial charge in [0, 0.05) is 41.4 Å². The number of fused-ring (bicyclic) bond motifs is 1. The summed E-state index contributed by atoms with van der Waals surface area (Å²) in [5.74, 6) is 0.406. The third kappa shape index (κ3) is 6.06. The molecule has 2 amide bonds. The lowest BCUT2D eigenvalue weighted by Crippen LogP contribution is -2.31. The minimum Gasteiger partial charge on any atom is -0.497 e. The first-order valence-electron chi connectivity index (χ1n) is 12.2. The van der Waals surface area contributed by atoms with Gasteiger partial charge in [-0.15, -0.1) is 0 Å². The highest BCUT2D eigenvalue weighted by atomic mass is 16.5. The van der Waals surface area contributed by atoms with Gasteiger partial charge in [-0.2, -0.15) is 0 Å². The molecule has 0 aliphatic rings. The summed E-state index contributed by atoms with van der Waals surface area (Å²) in [6, 6.07) is 22.1. The standard InChI is InChI=1S/C30H30N2O5/c1-4-32(23-8-6-5-7-9-23)29(34)18-21-10-12-22(13-11-21)31-28(33)17-16-26-20(2)25-15-14-24(36-3)19-27(25)37-30(26)35/h5-15,19H,4,16-18H2,1-3H3,(H,31,33). The third-order valence-electron chi connectivity index (χ3n) is 6.37. The normalized spacial score (nSPS) is 10.8. The van der Waals surface area contributed by atoms with E-state index in [1.165, 1.54) is 0 Å². The average molecular weight is 499 g/mol. The van der Waals surface area contributed by atoms with Crippen LogP contribution in [0, 0.1) is 6.92 Å². The molecule has 0 spiro atoms. The van der Waals surface area contributed by atoms with Crippen molar-refractivity contribution in [2.24, 2.45) is 0 Å². The van der Waals surface area contributed by atoms with Crippen molar-refractivity contribution in [3.8, 4) is 5.75 Å². The van der Waals surface area contributed by atoms with Crippen LogP contribution in [-0.4, -0.2) is 25.5 Å². The third-order valence-corrected chi connectivity index (χ3v) is 6.37. The van der Waals surface area contributed by atoms with Gasteiger partial charge in [-0.25, -0.2) is 4.79 Å². The van der Waals surface area contributed by atoms with Crippen molar-refractivity contribution in [1.82, 2.24) is 0 Å². The van der Waals surface area contributed by atoms with Gasteiger partial charge >= 0.3 is 5.63 Å². The van der Waals surface area contributed by atoms with Crippen LogP contribution in [-0.2, 0) is 22.4 Å². The van der Waals surface area contributed by atoms with Crippen molar-refractivity contribution in [1.29, 1.82) is 0 Å². The first-order chi connectivity index (χ1) is 17.9. The molecule has 190 valence electrons. The molecule has 0 saturated heterocycles. The Hall–Kier alpha value is -4.39. The van der Waals surface area contributed by atoms with E-state index in [4.69, 9.17) is 9.15 Å². The van der Waals surface area contributed by atoms with Crippen LogP contribution in [0.5, 0.6) is 5.75 Å². The number of likely N-dealkylation sites (N-methyl/N-ethyl adjacent to an activating group) is 1. The van der Waals surface area contributed by atoms with Gasteiger partial charge in [0.25, 0.3) is 0 Å². The number of ether oxygens (including phenoxy) is 1. The highest BCUT2D eigenvalue weighted by Gasteiger charge is 2.16. The van der Waals surface area contributed by atoms with Gasteiger partial charge in [0.05, 0.1) is 13.5 Å². The molecule has 4 rings (SSSR count). The quantitative estimate of drug-likeness (QED) is 0.317. The number of carbonyl (C=O) groups is 2. The van der Waals surface area contributed by atoms with Crippen LogP contribution in [0.2, 0.25) is 0 Å². The highest BCUT2D eigenvalue weighted by molar-refractivity contribution is 5.95. The molecule has 37 heavy (non-hydrogen) atoms. The summed E-state index contributed by atoms with van der Waals surface area (Å²) in [4.78, 5) is 39.7. The molecule has 0 aliphatic carbocycles. The Morgan fingerprint density at radius 3 is 2.41 bits per heavy atom. The Balaban J connectivity index is 1.36. The second kappa shape index (κ2) is 11.6. The number of benzene rings is 3. The second-order valence-electron chi connectivity index (χ2n) is 8.75. The van der Waals surface area contributed by atoms with Crippen LogP contribution in [0.4, 0.5) is 11.4 Å². The minimum atomic E-state index is -0.448. The lowest BCUT2D eigenvalue weighted by atomic mass is 10.0. The molecule has 1 N–H and O–H groups in total. The van der Waals surface area contributed by atoms with Gasteiger partial charge < -0.3 is 19.4 Å². The van der Waals surface area contributed by atoms with Gasteiger partial charge in [0.15, 0.2) is 0 Å². The van der Waals surface area contributed by atoms with Crippen LogP contribution >= 0.6 is 0 Å². The van der Waals surface area contributed by atoms with Crippen molar-refractivity contribution < 1.29 is 18.7 Å². The van der Waals surface area contributed by atoms with Crippen LogP contribution in [0.1, 0.15) is 30.0 Å². The topological polar surface area (TPSA) is 88.8 Å². The number of amides is 2. The van der Waals surface area contributed by atoms with Crippen LogP contribution in [0.25, 0.3) is 11.0 Å². The van der Waals surface area contributed by atoms with Gasteiger partial charge in [-0.3, -0.25) is 9.59 Å². The van der Waals surface area contributed by atoms with E-state index in [0.29, 0.717) is 29.1 Å². The molecule has 0 fully saturated rings. The summed E-state index contributed by atoms with van der Waals surface area (Å²) < 4.78 is 10.7. The first-order valence-corrected chi connectivity index (χ1v) is 12.2. The molecule has 1 heterocycles. The fraction of sp³-hybridized carbons (Fsp3) is 0.233. The number of anilines is 2. The van der Waals surface area contributed by atoms with E-state index in [0.717, 1.165) is 22.2 Å². The fourth-order valence-corrected chi connectivity index (χ4v) is 4.34. The lowest BCUT2D eigenvalue weighted by Gasteiger charge is -2.21. The molecule has 0 atom stereocenters. The van der Waals surface area contributed by atoms with Gasteiger partial charge in [0.1, 0.15) is 11.3 Å². The zero-order valence-electron chi connectivity index (χ0n) is 21.2. The van der Waals surface area contributed by atoms with E-state index in [1.54, 1.807) is 30.2 Å². The first kappa shape index (κ1) is 25.7. The summed E-state index contributed by atoms with van der Waals surface area (Å²) in [7, 11) is 1.55. The molecule has 0 bridgehead atoms. The maximum Gasteiger partial charge on any atom is 0.339 e. The molecule has 1 aromatic heterocycles. The maximum absolute atomic E-state index is 12.8. The number of rotatable bonds is 9. The number of hydrogen-bond acceptors (Lipinski definition) is 5. The van der Waals surface area contributed by atoms with Gasteiger partial charge in [-0.05, 0) is 67.8 Å². The summed E-state index contributed by atoms with van der Waals surface area (Å²) >= 11 is 0. The van der Waals surface area contributed by atoms with Crippen molar-refractivity contribution >= 4 is 34.2 Å². The van der Waals surface area contributed by atoms with E-state index in [2.05, 4.69) is 5.32 Å². The molecule has 4 aromatic rings. The smallest absolute Gasteiger partial charge is 0.339 e. The number of nitrogens with zero attached hydrogens (tertiary/aromatic N) is 1. The Morgan fingerprint density at radius 1 is 1.00 bits per heavy atom. The maximum atomic E-state index is 12.8. The van der Waals surface area contributed by atoms with Crippen molar-refractivity contribution in [2.45, 2.75) is 33.1 Å². The van der Waals surface area contributed by atoms with Gasteiger partial charge in [-0.1, -0.05) is 30.3 Å². The summed E-state index contributed by atoms with van der Waals surface area (Å²) in [5.41, 5.74) is 3.66.